The van der Waals surface area contributed by atoms with Gasteiger partial charge in [-0.15, -0.1) is 0 Å². The van der Waals surface area contributed by atoms with Gasteiger partial charge < -0.3 is 10.1 Å². The Morgan fingerprint density at radius 1 is 1.33 bits per heavy atom. The molecule has 0 aromatic rings. The topological polar surface area (TPSA) is 75.7 Å². The van der Waals surface area contributed by atoms with Crippen LogP contribution in [0.25, 0.3) is 0 Å². The zero-order chi connectivity index (χ0) is 15.9. The number of nitrogens with one attached hydrogen (secondary N) is 1. The van der Waals surface area contributed by atoms with Crippen molar-refractivity contribution in [2.24, 2.45) is 11.8 Å². The van der Waals surface area contributed by atoms with Crippen LogP contribution in [0.5, 0.6) is 0 Å². The van der Waals surface area contributed by atoms with Gasteiger partial charge in [-0.3, -0.25) is 4.79 Å². The third-order valence-electron chi connectivity index (χ3n) is 3.51. The smallest absolute Gasteiger partial charge is 0.223 e. The molecule has 124 valence electrons. The largest absolute Gasteiger partial charge is 0.381 e. The molecule has 6 nitrogen and oxygen atoms in total. The Kier molecular flexibility index (Phi) is 7.62. The van der Waals surface area contributed by atoms with Crippen LogP contribution < -0.4 is 5.32 Å². The highest BCUT2D eigenvalue weighted by molar-refractivity contribution is 7.88. The monoisotopic (exact) mass is 320 g/mol. The number of hydrogen-bond acceptors (Lipinski definition) is 4. The molecule has 0 aromatic carbocycles. The van der Waals surface area contributed by atoms with E-state index >= 15 is 0 Å². The normalized spacial score (nSPS) is 18.1. The number of rotatable bonds is 8. The molecule has 1 aliphatic heterocycles. The molecule has 0 bridgehead atoms. The Hall–Kier alpha value is -0.660. The maximum atomic E-state index is 12.0. The number of ether oxygens (including phenoxy) is 1. The molecule has 0 aromatic heterocycles. The van der Waals surface area contributed by atoms with Gasteiger partial charge in [0.15, 0.2) is 0 Å². The quantitative estimate of drug-likeness (QED) is 0.672. The van der Waals surface area contributed by atoms with Gasteiger partial charge in [-0.2, -0.15) is 0 Å². The minimum atomic E-state index is -3.12. The Morgan fingerprint density at radius 2 is 1.95 bits per heavy atom. The molecule has 1 saturated heterocycles. The molecule has 1 amide bonds. The Balaban J connectivity index is 2.14. The van der Waals surface area contributed by atoms with E-state index in [2.05, 4.69) is 19.2 Å². The minimum Gasteiger partial charge on any atom is -0.381 e. The SMILES string of the molecule is CC(C)COCCCNC(=O)C1CCN(S(C)(=O)=O)CC1. The Labute approximate surface area is 128 Å². The van der Waals surface area contributed by atoms with Crippen LogP contribution in [0.2, 0.25) is 0 Å². The van der Waals surface area contributed by atoms with Crippen molar-refractivity contribution in [2.45, 2.75) is 33.1 Å². The molecule has 0 spiro atoms. The van der Waals surface area contributed by atoms with Gasteiger partial charge in [-0.25, -0.2) is 12.7 Å². The predicted molar refractivity (Wildman–Crippen MR) is 82.4 cm³/mol. The van der Waals surface area contributed by atoms with Crippen molar-refractivity contribution in [2.75, 3.05) is 39.1 Å². The molecular formula is C14H28N2O4S. The number of carbonyl (C=O) groups is 1. The van der Waals surface area contributed by atoms with E-state index in [1.54, 1.807) is 0 Å². The highest BCUT2D eigenvalue weighted by Gasteiger charge is 2.28. The Bertz CT molecular complexity index is 415. The van der Waals surface area contributed by atoms with Crippen LogP contribution in [0.1, 0.15) is 33.1 Å². The van der Waals surface area contributed by atoms with Crippen molar-refractivity contribution in [3.63, 3.8) is 0 Å². The average molecular weight is 320 g/mol. The molecule has 1 fully saturated rings. The molecule has 1 rings (SSSR count). The molecule has 0 atom stereocenters. The summed E-state index contributed by atoms with van der Waals surface area (Å²) < 4.78 is 29.7. The van der Waals surface area contributed by atoms with E-state index in [1.807, 2.05) is 0 Å². The molecule has 1 N–H and O–H groups in total. The third-order valence-corrected chi connectivity index (χ3v) is 4.81. The maximum absolute atomic E-state index is 12.0. The number of carbonyl (C=O) groups excluding carboxylic acids is 1. The van der Waals surface area contributed by atoms with Crippen LogP contribution in [-0.2, 0) is 19.6 Å². The van der Waals surface area contributed by atoms with Gasteiger partial charge in [-0.05, 0) is 25.2 Å². The molecule has 21 heavy (non-hydrogen) atoms. The van der Waals surface area contributed by atoms with Crippen molar-refractivity contribution in [1.29, 1.82) is 0 Å². The summed E-state index contributed by atoms with van der Waals surface area (Å²) in [5.74, 6) is 0.492. The first-order chi connectivity index (χ1) is 9.80. The summed E-state index contributed by atoms with van der Waals surface area (Å²) in [6.45, 7) is 7.10. The molecule has 7 heteroatoms. The fraction of sp³-hybridized carbons (Fsp3) is 0.929. The summed E-state index contributed by atoms with van der Waals surface area (Å²) in [7, 11) is -3.12. The molecule has 0 aliphatic carbocycles. The van der Waals surface area contributed by atoms with Crippen LogP contribution in [0.15, 0.2) is 0 Å². The molecule has 0 unspecified atom stereocenters. The highest BCUT2D eigenvalue weighted by Crippen LogP contribution is 2.19. The second kappa shape index (κ2) is 8.70. The molecule has 0 radical (unpaired) electrons. The first kappa shape index (κ1) is 18.4. The molecule has 0 saturated carbocycles. The summed E-state index contributed by atoms with van der Waals surface area (Å²) in [5, 5.41) is 2.91. The third kappa shape index (κ3) is 7.24. The standard InChI is InChI=1S/C14H28N2O4S/c1-12(2)11-20-10-4-7-15-14(17)13-5-8-16(9-6-13)21(3,18)19/h12-13H,4-11H2,1-3H3,(H,15,17). The van der Waals surface area contributed by atoms with E-state index < -0.39 is 10.0 Å². The Morgan fingerprint density at radius 3 is 2.48 bits per heavy atom. The van der Waals surface area contributed by atoms with Crippen LogP contribution in [0.4, 0.5) is 0 Å². The van der Waals surface area contributed by atoms with Gasteiger partial charge in [0.1, 0.15) is 0 Å². The number of hydrogen-bond donors (Lipinski definition) is 1. The van der Waals surface area contributed by atoms with E-state index in [-0.39, 0.29) is 11.8 Å². The second-order valence-electron chi connectivity index (χ2n) is 6.05. The fourth-order valence-electron chi connectivity index (χ4n) is 2.30. The first-order valence-electron chi connectivity index (χ1n) is 7.61. The van der Waals surface area contributed by atoms with Gasteiger partial charge in [0, 0.05) is 38.8 Å². The average Bonchev–Trinajstić information content (AvgIpc) is 2.41. The van der Waals surface area contributed by atoms with Crippen molar-refractivity contribution in [3.05, 3.63) is 0 Å². The lowest BCUT2D eigenvalue weighted by molar-refractivity contribution is -0.126. The van der Waals surface area contributed by atoms with Gasteiger partial charge in [0.05, 0.1) is 6.26 Å². The zero-order valence-electron chi connectivity index (χ0n) is 13.3. The summed E-state index contributed by atoms with van der Waals surface area (Å²) in [6.07, 6.45) is 3.22. The highest BCUT2D eigenvalue weighted by atomic mass is 32.2. The zero-order valence-corrected chi connectivity index (χ0v) is 14.1. The maximum Gasteiger partial charge on any atom is 0.223 e. The first-order valence-corrected chi connectivity index (χ1v) is 9.46. The van der Waals surface area contributed by atoms with Crippen molar-refractivity contribution in [1.82, 2.24) is 9.62 Å². The van der Waals surface area contributed by atoms with E-state index in [1.165, 1.54) is 10.6 Å². The fourth-order valence-corrected chi connectivity index (χ4v) is 3.17. The lowest BCUT2D eigenvalue weighted by Gasteiger charge is -2.29. The predicted octanol–water partition coefficient (Wildman–Crippen LogP) is 0.837. The summed E-state index contributed by atoms with van der Waals surface area (Å²) in [4.78, 5) is 12.0. The van der Waals surface area contributed by atoms with Gasteiger partial charge >= 0.3 is 0 Å². The number of amides is 1. The van der Waals surface area contributed by atoms with Crippen molar-refractivity contribution in [3.8, 4) is 0 Å². The van der Waals surface area contributed by atoms with E-state index in [9.17, 15) is 13.2 Å². The van der Waals surface area contributed by atoms with Crippen LogP contribution in [0, 0.1) is 11.8 Å². The van der Waals surface area contributed by atoms with E-state index in [0.717, 1.165) is 13.0 Å². The number of sulfonamides is 1. The summed E-state index contributed by atoms with van der Waals surface area (Å²) in [5.41, 5.74) is 0. The lowest BCUT2D eigenvalue weighted by Crippen LogP contribution is -2.42. The van der Waals surface area contributed by atoms with Gasteiger partial charge in [0.2, 0.25) is 15.9 Å². The van der Waals surface area contributed by atoms with Crippen molar-refractivity contribution >= 4 is 15.9 Å². The van der Waals surface area contributed by atoms with E-state index in [4.69, 9.17) is 4.74 Å². The minimum absolute atomic E-state index is 0.0343. The summed E-state index contributed by atoms with van der Waals surface area (Å²) >= 11 is 0. The van der Waals surface area contributed by atoms with Crippen LogP contribution in [-0.4, -0.2) is 57.7 Å². The van der Waals surface area contributed by atoms with E-state index in [0.29, 0.717) is 45.0 Å². The lowest BCUT2D eigenvalue weighted by atomic mass is 9.97. The number of piperidine rings is 1. The van der Waals surface area contributed by atoms with Gasteiger partial charge in [0.25, 0.3) is 0 Å². The molecule has 1 aliphatic rings. The molecular weight excluding hydrogens is 292 g/mol. The van der Waals surface area contributed by atoms with Crippen molar-refractivity contribution < 1.29 is 17.9 Å². The number of nitrogens with zero attached hydrogens (tertiary/aromatic N) is 1. The van der Waals surface area contributed by atoms with Crippen LogP contribution in [0.3, 0.4) is 0 Å². The summed E-state index contributed by atoms with van der Waals surface area (Å²) in [6, 6.07) is 0. The van der Waals surface area contributed by atoms with Gasteiger partial charge in [-0.1, -0.05) is 13.8 Å². The second-order valence-corrected chi connectivity index (χ2v) is 8.03. The van der Waals surface area contributed by atoms with Crippen LogP contribution >= 0.6 is 0 Å². The molecule has 1 heterocycles.